The minimum absolute atomic E-state index is 0.106. The van der Waals surface area contributed by atoms with Crippen molar-refractivity contribution in [3.05, 3.63) is 29.8 Å². The van der Waals surface area contributed by atoms with E-state index >= 15 is 0 Å². The Morgan fingerprint density at radius 3 is 2.55 bits per heavy atom. The number of piperazine rings is 1. The first-order valence-corrected chi connectivity index (χ1v) is 7.53. The van der Waals surface area contributed by atoms with Crippen LogP contribution in [0.1, 0.15) is 31.2 Å². The Morgan fingerprint density at radius 2 is 1.95 bits per heavy atom. The van der Waals surface area contributed by atoms with Gasteiger partial charge in [-0.25, -0.2) is 0 Å². The minimum Gasteiger partial charge on any atom is -0.399 e. The number of amides is 1. The van der Waals surface area contributed by atoms with Crippen molar-refractivity contribution < 1.29 is 4.79 Å². The van der Waals surface area contributed by atoms with Gasteiger partial charge in [-0.1, -0.05) is 12.1 Å². The molecule has 1 saturated carbocycles. The second-order valence-corrected chi connectivity index (χ2v) is 5.98. The maximum Gasteiger partial charge on any atom is 0.229 e. The van der Waals surface area contributed by atoms with E-state index in [9.17, 15) is 4.79 Å². The number of carbonyl (C=O) groups is 1. The summed E-state index contributed by atoms with van der Waals surface area (Å²) in [7, 11) is 0. The van der Waals surface area contributed by atoms with Crippen molar-refractivity contribution in [2.75, 3.05) is 31.9 Å². The van der Waals surface area contributed by atoms with Gasteiger partial charge in [-0.3, -0.25) is 9.69 Å². The highest BCUT2D eigenvalue weighted by molar-refractivity contribution is 5.83. The van der Waals surface area contributed by atoms with E-state index in [1.807, 2.05) is 36.1 Å². The second kappa shape index (κ2) is 5.44. The maximum absolute atomic E-state index is 12.6. The maximum atomic E-state index is 12.6. The third-order valence-electron chi connectivity index (χ3n) is 4.47. The van der Waals surface area contributed by atoms with Gasteiger partial charge in [-0.15, -0.1) is 0 Å². The molecule has 20 heavy (non-hydrogen) atoms. The van der Waals surface area contributed by atoms with Crippen molar-refractivity contribution in [3.8, 4) is 0 Å². The summed E-state index contributed by atoms with van der Waals surface area (Å²) in [6.07, 6.45) is 2.68. The van der Waals surface area contributed by atoms with Crippen molar-refractivity contribution in [1.82, 2.24) is 9.80 Å². The number of nitrogens with two attached hydrogens (primary N) is 1. The Kier molecular flexibility index (Phi) is 3.66. The molecule has 1 unspecified atom stereocenters. The number of hydrogen-bond acceptors (Lipinski definition) is 3. The lowest BCUT2D eigenvalue weighted by atomic mass is 9.99. The van der Waals surface area contributed by atoms with Gasteiger partial charge in [-0.2, -0.15) is 0 Å². The Hall–Kier alpha value is -1.55. The summed E-state index contributed by atoms with van der Waals surface area (Å²) in [5.74, 6) is 0.122. The number of rotatable bonds is 3. The normalized spacial score (nSPS) is 21.8. The third kappa shape index (κ3) is 2.80. The summed E-state index contributed by atoms with van der Waals surface area (Å²) in [6.45, 7) is 5.76. The molecular formula is C16H23N3O. The van der Waals surface area contributed by atoms with E-state index in [1.165, 1.54) is 12.8 Å². The molecule has 1 aliphatic heterocycles. The molecule has 4 heteroatoms. The number of nitrogen functional groups attached to an aromatic ring is 1. The topological polar surface area (TPSA) is 49.6 Å². The van der Waals surface area contributed by atoms with Gasteiger partial charge in [0.15, 0.2) is 0 Å². The van der Waals surface area contributed by atoms with E-state index < -0.39 is 0 Å². The molecule has 2 N–H and O–H groups in total. The predicted molar refractivity (Wildman–Crippen MR) is 80.4 cm³/mol. The lowest BCUT2D eigenvalue weighted by Gasteiger charge is -2.36. The van der Waals surface area contributed by atoms with E-state index in [4.69, 9.17) is 5.73 Å². The first-order valence-electron chi connectivity index (χ1n) is 7.53. The van der Waals surface area contributed by atoms with Gasteiger partial charge in [0.25, 0.3) is 0 Å². The van der Waals surface area contributed by atoms with Crippen LogP contribution in [-0.4, -0.2) is 47.9 Å². The van der Waals surface area contributed by atoms with Crippen LogP contribution >= 0.6 is 0 Å². The van der Waals surface area contributed by atoms with Crippen LogP contribution in [-0.2, 0) is 4.79 Å². The van der Waals surface area contributed by atoms with Crippen LogP contribution in [0.4, 0.5) is 5.69 Å². The quantitative estimate of drug-likeness (QED) is 0.852. The molecule has 0 aromatic heterocycles. The van der Waals surface area contributed by atoms with Crippen LogP contribution in [0.2, 0.25) is 0 Å². The Morgan fingerprint density at radius 1 is 1.25 bits per heavy atom. The molecule has 1 aromatic carbocycles. The van der Waals surface area contributed by atoms with Crippen molar-refractivity contribution in [3.63, 3.8) is 0 Å². The van der Waals surface area contributed by atoms with Gasteiger partial charge >= 0.3 is 0 Å². The molecule has 108 valence electrons. The van der Waals surface area contributed by atoms with Crippen LogP contribution in [0, 0.1) is 0 Å². The van der Waals surface area contributed by atoms with Crippen molar-refractivity contribution in [1.29, 1.82) is 0 Å². The summed E-state index contributed by atoms with van der Waals surface area (Å²) >= 11 is 0. The summed E-state index contributed by atoms with van der Waals surface area (Å²) in [6, 6.07) is 8.47. The van der Waals surface area contributed by atoms with Crippen molar-refractivity contribution in [2.45, 2.75) is 31.7 Å². The molecule has 1 saturated heterocycles. The molecule has 1 heterocycles. The summed E-state index contributed by atoms with van der Waals surface area (Å²) in [5.41, 5.74) is 7.54. The number of carbonyl (C=O) groups excluding carboxylic acids is 1. The minimum atomic E-state index is -0.106. The summed E-state index contributed by atoms with van der Waals surface area (Å²) in [5, 5.41) is 0. The molecule has 4 nitrogen and oxygen atoms in total. The summed E-state index contributed by atoms with van der Waals surface area (Å²) in [4.78, 5) is 17.1. The Balaban J connectivity index is 1.61. The fourth-order valence-electron chi connectivity index (χ4n) is 2.99. The van der Waals surface area contributed by atoms with Gasteiger partial charge in [0.2, 0.25) is 5.91 Å². The van der Waals surface area contributed by atoms with E-state index in [1.54, 1.807) is 0 Å². The highest BCUT2D eigenvalue weighted by atomic mass is 16.2. The average Bonchev–Trinajstić information content (AvgIpc) is 3.30. The Bertz CT molecular complexity index is 490. The van der Waals surface area contributed by atoms with Crippen LogP contribution in [0.25, 0.3) is 0 Å². The number of hydrogen-bond donors (Lipinski definition) is 1. The third-order valence-corrected chi connectivity index (χ3v) is 4.47. The molecule has 0 bridgehead atoms. The zero-order valence-electron chi connectivity index (χ0n) is 12.1. The fourth-order valence-corrected chi connectivity index (χ4v) is 2.99. The van der Waals surface area contributed by atoms with Crippen molar-refractivity contribution >= 4 is 11.6 Å². The van der Waals surface area contributed by atoms with Crippen LogP contribution in [0.5, 0.6) is 0 Å². The number of nitrogens with zero attached hydrogens (tertiary/aromatic N) is 2. The molecule has 2 aliphatic rings. The largest absolute Gasteiger partial charge is 0.399 e. The molecule has 3 rings (SSSR count). The molecule has 0 spiro atoms. The van der Waals surface area contributed by atoms with Crippen LogP contribution < -0.4 is 5.73 Å². The Labute approximate surface area is 120 Å². The van der Waals surface area contributed by atoms with Gasteiger partial charge in [0.1, 0.15) is 0 Å². The SMILES string of the molecule is CC(C(=O)N1CCN(C2CC2)CC1)c1cccc(N)c1. The number of anilines is 1. The zero-order chi connectivity index (χ0) is 14.1. The van der Waals surface area contributed by atoms with Crippen molar-refractivity contribution in [2.24, 2.45) is 0 Å². The van der Waals surface area contributed by atoms with E-state index in [0.717, 1.165) is 43.5 Å². The molecule has 1 atom stereocenters. The van der Waals surface area contributed by atoms with E-state index in [0.29, 0.717) is 0 Å². The molecular weight excluding hydrogens is 250 g/mol. The fraction of sp³-hybridized carbons (Fsp3) is 0.562. The van der Waals surface area contributed by atoms with E-state index in [-0.39, 0.29) is 11.8 Å². The first kappa shape index (κ1) is 13.4. The highest BCUT2D eigenvalue weighted by Crippen LogP contribution is 2.28. The molecule has 1 amide bonds. The second-order valence-electron chi connectivity index (χ2n) is 5.98. The zero-order valence-corrected chi connectivity index (χ0v) is 12.1. The van der Waals surface area contributed by atoms with Gasteiger partial charge in [0.05, 0.1) is 5.92 Å². The van der Waals surface area contributed by atoms with E-state index in [2.05, 4.69) is 4.90 Å². The van der Waals surface area contributed by atoms with Gasteiger partial charge < -0.3 is 10.6 Å². The lowest BCUT2D eigenvalue weighted by Crippen LogP contribution is -2.50. The predicted octanol–water partition coefficient (Wildman–Crippen LogP) is 1.68. The van der Waals surface area contributed by atoms with Gasteiger partial charge in [0, 0.05) is 37.9 Å². The van der Waals surface area contributed by atoms with Gasteiger partial charge in [-0.05, 0) is 37.5 Å². The summed E-state index contributed by atoms with van der Waals surface area (Å²) < 4.78 is 0. The highest BCUT2D eigenvalue weighted by Gasteiger charge is 2.33. The monoisotopic (exact) mass is 273 g/mol. The molecule has 1 aliphatic carbocycles. The standard InChI is InChI=1S/C16H23N3O/c1-12(13-3-2-4-14(17)11-13)16(20)19-9-7-18(8-10-19)15-5-6-15/h2-4,11-12,15H,5-10,17H2,1H3. The number of benzene rings is 1. The lowest BCUT2D eigenvalue weighted by molar-refractivity contribution is -0.134. The molecule has 0 radical (unpaired) electrons. The van der Waals surface area contributed by atoms with Crippen LogP contribution in [0.3, 0.4) is 0 Å². The first-order chi connectivity index (χ1) is 9.65. The average molecular weight is 273 g/mol. The molecule has 2 fully saturated rings. The molecule has 1 aromatic rings. The van der Waals surface area contributed by atoms with Crippen LogP contribution in [0.15, 0.2) is 24.3 Å². The smallest absolute Gasteiger partial charge is 0.229 e.